The predicted octanol–water partition coefficient (Wildman–Crippen LogP) is 2.05. The van der Waals surface area contributed by atoms with Crippen molar-refractivity contribution in [2.75, 3.05) is 38.6 Å². The van der Waals surface area contributed by atoms with Crippen molar-refractivity contribution in [1.82, 2.24) is 14.9 Å². The van der Waals surface area contributed by atoms with Crippen LogP contribution in [0, 0.1) is 5.82 Å². The molecule has 17 heavy (non-hydrogen) atoms. The molecule has 1 heterocycles. The van der Waals surface area contributed by atoms with Gasteiger partial charge in [-0.3, -0.25) is 0 Å². The zero-order valence-corrected chi connectivity index (χ0v) is 11.2. The van der Waals surface area contributed by atoms with E-state index in [1.165, 1.54) is 0 Å². The first-order valence-corrected chi connectivity index (χ1v) is 6.00. The van der Waals surface area contributed by atoms with Gasteiger partial charge >= 0.3 is 0 Å². The maximum atomic E-state index is 13.6. The Morgan fingerprint density at radius 3 is 2.65 bits per heavy atom. The summed E-state index contributed by atoms with van der Waals surface area (Å²) in [5, 5.41) is 0.0764. The zero-order chi connectivity index (χ0) is 12.8. The van der Waals surface area contributed by atoms with Crippen LogP contribution >= 0.6 is 11.6 Å². The zero-order valence-electron chi connectivity index (χ0n) is 10.5. The highest BCUT2D eigenvalue weighted by molar-refractivity contribution is 6.28. The van der Waals surface area contributed by atoms with Gasteiger partial charge in [-0.15, -0.1) is 0 Å². The minimum absolute atomic E-state index is 0.0764. The first-order chi connectivity index (χ1) is 8.04. The second-order valence-corrected chi connectivity index (χ2v) is 4.39. The number of hydrogen-bond donors (Lipinski definition) is 0. The summed E-state index contributed by atoms with van der Waals surface area (Å²) in [5.41, 5.74) is 0. The lowest BCUT2D eigenvalue weighted by molar-refractivity contribution is 0.400. The van der Waals surface area contributed by atoms with E-state index in [4.69, 9.17) is 11.6 Å². The summed E-state index contributed by atoms with van der Waals surface area (Å²) in [5.74, 6) is -0.146. The van der Waals surface area contributed by atoms with Crippen LogP contribution in [0.3, 0.4) is 0 Å². The van der Waals surface area contributed by atoms with Crippen molar-refractivity contribution in [3.63, 3.8) is 0 Å². The Morgan fingerprint density at radius 2 is 2.06 bits per heavy atom. The van der Waals surface area contributed by atoms with Crippen molar-refractivity contribution in [1.29, 1.82) is 0 Å². The van der Waals surface area contributed by atoms with E-state index in [1.807, 2.05) is 25.9 Å². The van der Waals surface area contributed by atoms with Gasteiger partial charge in [-0.1, -0.05) is 0 Å². The van der Waals surface area contributed by atoms with Gasteiger partial charge in [0.05, 0.1) is 6.20 Å². The minimum atomic E-state index is -0.430. The summed E-state index contributed by atoms with van der Waals surface area (Å²) in [7, 11) is 4.02. The minimum Gasteiger partial charge on any atom is -0.354 e. The Hall–Kier alpha value is -0.940. The molecule has 0 unspecified atom stereocenters. The van der Waals surface area contributed by atoms with Crippen molar-refractivity contribution in [3.8, 4) is 0 Å². The van der Waals surface area contributed by atoms with Crippen LogP contribution in [0.25, 0.3) is 0 Å². The second-order valence-electron chi connectivity index (χ2n) is 4.05. The molecule has 0 aliphatic rings. The maximum absolute atomic E-state index is 13.6. The normalized spacial score (nSPS) is 10.9. The molecule has 0 spiro atoms. The molecule has 4 nitrogen and oxygen atoms in total. The lowest BCUT2D eigenvalue weighted by Crippen LogP contribution is -2.28. The molecule has 0 radical (unpaired) electrons. The molecule has 96 valence electrons. The van der Waals surface area contributed by atoms with Crippen LogP contribution in [0.15, 0.2) is 6.20 Å². The van der Waals surface area contributed by atoms with Gasteiger partial charge < -0.3 is 9.80 Å². The quantitative estimate of drug-likeness (QED) is 0.733. The van der Waals surface area contributed by atoms with Crippen LogP contribution in [0.4, 0.5) is 10.2 Å². The van der Waals surface area contributed by atoms with Crippen LogP contribution in [0.2, 0.25) is 5.28 Å². The average molecular weight is 261 g/mol. The van der Waals surface area contributed by atoms with Gasteiger partial charge in [-0.25, -0.2) is 9.37 Å². The molecule has 0 N–H and O–H groups in total. The van der Waals surface area contributed by atoms with Crippen LogP contribution in [-0.4, -0.2) is 48.6 Å². The van der Waals surface area contributed by atoms with Crippen LogP contribution in [0.1, 0.15) is 13.3 Å². The lowest BCUT2D eigenvalue weighted by Gasteiger charge is -2.23. The van der Waals surface area contributed by atoms with Crippen molar-refractivity contribution in [3.05, 3.63) is 17.3 Å². The smallest absolute Gasteiger partial charge is 0.224 e. The van der Waals surface area contributed by atoms with Crippen LogP contribution in [0.5, 0.6) is 0 Å². The molecule has 0 aromatic carbocycles. The molecule has 1 aromatic rings. The molecule has 0 fully saturated rings. The third kappa shape index (κ3) is 4.44. The summed E-state index contributed by atoms with van der Waals surface area (Å²) in [4.78, 5) is 11.5. The molecular formula is C11H18ClFN4. The topological polar surface area (TPSA) is 32.3 Å². The molecular weight excluding hydrogens is 243 g/mol. The van der Waals surface area contributed by atoms with Crippen LogP contribution < -0.4 is 4.90 Å². The van der Waals surface area contributed by atoms with E-state index in [1.54, 1.807) is 0 Å². The number of anilines is 1. The monoisotopic (exact) mass is 260 g/mol. The predicted molar refractivity (Wildman–Crippen MR) is 68.1 cm³/mol. The van der Waals surface area contributed by atoms with Crippen molar-refractivity contribution < 1.29 is 4.39 Å². The molecule has 6 heteroatoms. The molecule has 0 aliphatic carbocycles. The van der Waals surface area contributed by atoms with E-state index in [0.717, 1.165) is 25.7 Å². The van der Waals surface area contributed by atoms with Crippen molar-refractivity contribution >= 4 is 17.4 Å². The number of nitrogens with zero attached hydrogens (tertiary/aromatic N) is 4. The van der Waals surface area contributed by atoms with Crippen LogP contribution in [-0.2, 0) is 0 Å². The molecule has 0 bridgehead atoms. The third-order valence-electron chi connectivity index (χ3n) is 2.41. The fourth-order valence-electron chi connectivity index (χ4n) is 1.55. The number of rotatable bonds is 6. The molecule has 1 aromatic heterocycles. The summed E-state index contributed by atoms with van der Waals surface area (Å²) in [6.07, 6.45) is 2.06. The highest BCUT2D eigenvalue weighted by Crippen LogP contribution is 2.17. The summed E-state index contributed by atoms with van der Waals surface area (Å²) < 4.78 is 13.6. The Kier molecular flexibility index (Phi) is 5.58. The van der Waals surface area contributed by atoms with Gasteiger partial charge in [0.15, 0.2) is 11.6 Å². The fourth-order valence-corrected chi connectivity index (χ4v) is 1.68. The summed E-state index contributed by atoms with van der Waals surface area (Å²) in [6.45, 7) is 4.36. The SMILES string of the molecule is CCN(CCCN(C)C)c1nc(Cl)ncc1F. The van der Waals surface area contributed by atoms with E-state index < -0.39 is 5.82 Å². The maximum Gasteiger partial charge on any atom is 0.224 e. The molecule has 0 saturated heterocycles. The van der Waals surface area contributed by atoms with Gasteiger partial charge in [-0.05, 0) is 45.6 Å². The first-order valence-electron chi connectivity index (χ1n) is 5.62. The number of aromatic nitrogens is 2. The lowest BCUT2D eigenvalue weighted by atomic mass is 10.3. The van der Waals surface area contributed by atoms with Gasteiger partial charge in [0.1, 0.15) is 0 Å². The van der Waals surface area contributed by atoms with E-state index >= 15 is 0 Å². The van der Waals surface area contributed by atoms with E-state index in [-0.39, 0.29) is 11.1 Å². The summed E-state index contributed by atoms with van der Waals surface area (Å²) >= 11 is 5.68. The first kappa shape index (κ1) is 14.1. The average Bonchev–Trinajstić information content (AvgIpc) is 2.28. The third-order valence-corrected chi connectivity index (χ3v) is 2.59. The van der Waals surface area contributed by atoms with E-state index in [0.29, 0.717) is 6.54 Å². The number of halogens is 2. The Morgan fingerprint density at radius 1 is 1.35 bits per heavy atom. The molecule has 0 atom stereocenters. The van der Waals surface area contributed by atoms with Crippen molar-refractivity contribution in [2.24, 2.45) is 0 Å². The fraction of sp³-hybridized carbons (Fsp3) is 0.636. The van der Waals surface area contributed by atoms with E-state index in [9.17, 15) is 4.39 Å². The van der Waals surface area contributed by atoms with Gasteiger partial charge in [0, 0.05) is 13.1 Å². The molecule has 0 saturated carbocycles. The largest absolute Gasteiger partial charge is 0.354 e. The number of hydrogen-bond acceptors (Lipinski definition) is 4. The van der Waals surface area contributed by atoms with Gasteiger partial charge in [-0.2, -0.15) is 4.98 Å². The molecule has 0 aliphatic heterocycles. The second kappa shape index (κ2) is 6.71. The van der Waals surface area contributed by atoms with Gasteiger partial charge in [0.2, 0.25) is 5.28 Å². The Balaban J connectivity index is 2.68. The Labute approximate surface area is 106 Å². The molecule has 0 amide bonds. The standard InChI is InChI=1S/C11H18ClFN4/c1-4-17(7-5-6-16(2)3)10-9(13)8-14-11(12)15-10/h8H,4-7H2,1-3H3. The Bertz CT molecular complexity index is 359. The highest BCUT2D eigenvalue weighted by atomic mass is 35.5. The summed E-state index contributed by atoms with van der Waals surface area (Å²) in [6, 6.07) is 0. The highest BCUT2D eigenvalue weighted by Gasteiger charge is 2.12. The molecule has 1 rings (SSSR count). The van der Waals surface area contributed by atoms with E-state index in [2.05, 4.69) is 14.9 Å². The van der Waals surface area contributed by atoms with Gasteiger partial charge in [0.25, 0.3) is 0 Å². The van der Waals surface area contributed by atoms with Crippen molar-refractivity contribution in [2.45, 2.75) is 13.3 Å².